The van der Waals surface area contributed by atoms with Crippen molar-refractivity contribution in [3.63, 3.8) is 0 Å². The first-order valence-corrected chi connectivity index (χ1v) is 7.06. The second-order valence-electron chi connectivity index (χ2n) is 0. The van der Waals surface area contributed by atoms with E-state index in [0.29, 0.717) is 0 Å². The zero-order chi connectivity index (χ0) is 4.00. The van der Waals surface area contributed by atoms with E-state index in [1.165, 1.54) is 0 Å². The van der Waals surface area contributed by atoms with E-state index in [1.807, 2.05) is 0 Å². The first-order valence-electron chi connectivity index (χ1n) is 0.340. The van der Waals surface area contributed by atoms with E-state index < -0.39 is 0 Å². The standard InChI is InChI=1S/Co.Pb.2S. The third-order valence-electron chi connectivity index (χ3n) is 0. The molecule has 0 saturated heterocycles. The molecule has 0 unspecified atom stereocenters. The molecule has 0 fully saturated rings. The maximum absolute atomic E-state index is 4.22. The van der Waals surface area contributed by atoms with Gasteiger partial charge in [-0.1, -0.05) is 0 Å². The number of rotatable bonds is 0. The van der Waals surface area contributed by atoms with E-state index in [2.05, 4.69) is 33.4 Å². The first-order chi connectivity index (χ1) is 2.00. The molecule has 4 heteroatoms. The van der Waals surface area contributed by atoms with Gasteiger partial charge in [0.1, 0.15) is 0 Å². The van der Waals surface area contributed by atoms with Gasteiger partial charge in [0.05, 0.1) is 0 Å². The Bertz CT molecular complexity index is 8.00. The van der Waals surface area contributed by atoms with Crippen molar-refractivity contribution in [2.45, 2.75) is 0 Å². The molecule has 0 aromatic heterocycles. The van der Waals surface area contributed by atoms with Crippen LogP contribution in [-0.4, -0.2) is 23.7 Å². The molecule has 0 nitrogen and oxygen atoms in total. The fraction of sp³-hybridized carbons (Fsp3) is 0. The van der Waals surface area contributed by atoms with E-state index in [9.17, 15) is 0 Å². The van der Waals surface area contributed by atoms with Crippen molar-refractivity contribution in [3.05, 3.63) is 0 Å². The van der Waals surface area contributed by atoms with Crippen LogP contribution in [0.1, 0.15) is 0 Å². The van der Waals surface area contributed by atoms with Crippen molar-refractivity contribution in [1.29, 1.82) is 0 Å². The van der Waals surface area contributed by atoms with Gasteiger partial charge < -0.3 is 0 Å². The van der Waals surface area contributed by atoms with E-state index >= 15 is 0 Å². The van der Waals surface area contributed by atoms with Gasteiger partial charge in [-0.05, 0) is 0 Å². The molecular formula is CoPbS2. The topological polar surface area (TPSA) is 0 Å². The van der Waals surface area contributed by atoms with Crippen LogP contribution in [0.25, 0.3) is 0 Å². The molecule has 0 aliphatic carbocycles. The van der Waals surface area contributed by atoms with Gasteiger partial charge in [-0.15, -0.1) is 0 Å². The summed E-state index contributed by atoms with van der Waals surface area (Å²) < 4.78 is 0. The molecule has 0 heterocycles. The second kappa shape index (κ2) is 20.9. The average molecular weight is 330 g/mol. The van der Waals surface area contributed by atoms with Gasteiger partial charge in [-0.25, -0.2) is 0 Å². The summed E-state index contributed by atoms with van der Waals surface area (Å²) in [6.07, 6.45) is 0. The van der Waals surface area contributed by atoms with E-state index in [-0.39, 0.29) is 0 Å². The van der Waals surface area contributed by atoms with Gasteiger partial charge in [0.2, 0.25) is 0 Å². The van der Waals surface area contributed by atoms with Crippen LogP contribution in [0.2, 0.25) is 0 Å². The predicted molar refractivity (Wildman–Crippen MR) is 20.9 cm³/mol. The molecule has 4 heavy (non-hydrogen) atoms. The molecule has 25 valence electrons. The van der Waals surface area contributed by atoms with Crippen LogP contribution in [0.3, 0.4) is 0 Å². The Morgan fingerprint density at radius 2 is 1.25 bits per heavy atom. The average Bonchev–Trinajstić information content (AvgIpc) is 1.50. The Kier molecular flexibility index (Phi) is 48.5. The fourth-order valence-electron chi connectivity index (χ4n) is 0. The molecule has 0 aliphatic rings. The summed E-state index contributed by atoms with van der Waals surface area (Å²) in [5.41, 5.74) is 0. The van der Waals surface area contributed by atoms with E-state index in [4.69, 9.17) is 0 Å². The van der Waals surface area contributed by atoms with Crippen molar-refractivity contribution < 1.29 is 14.1 Å². The summed E-state index contributed by atoms with van der Waals surface area (Å²) in [6.45, 7) is 0. The molecule has 0 rings (SSSR count). The minimum atomic E-state index is 0.889. The van der Waals surface area contributed by atoms with Gasteiger partial charge in [0, 0.05) is 0 Å². The molecule has 0 spiro atoms. The third kappa shape index (κ3) is 9.12. The summed E-state index contributed by atoms with van der Waals surface area (Å²) in [7, 11) is 7.99. The van der Waals surface area contributed by atoms with Crippen molar-refractivity contribution in [2.75, 3.05) is 0 Å². The molecule has 0 aromatic carbocycles. The number of hydrogen-bond acceptors (Lipinski definition) is 2. The van der Waals surface area contributed by atoms with Crippen molar-refractivity contribution in [1.82, 2.24) is 0 Å². The van der Waals surface area contributed by atoms with E-state index in [0.717, 1.165) is 23.7 Å². The molecule has 0 bridgehead atoms. The van der Waals surface area contributed by atoms with Gasteiger partial charge >= 0.3 is 57.1 Å². The molecule has 0 amide bonds. The van der Waals surface area contributed by atoms with Gasteiger partial charge in [-0.2, -0.15) is 0 Å². The first kappa shape index (κ1) is 9.29. The van der Waals surface area contributed by atoms with Gasteiger partial charge in [-0.3, -0.25) is 0 Å². The molecule has 0 atom stereocenters. The Morgan fingerprint density at radius 3 is 1.25 bits per heavy atom. The van der Waals surface area contributed by atoms with Crippen LogP contribution in [-0.2, 0) is 14.1 Å². The van der Waals surface area contributed by atoms with Crippen LogP contribution in [0.5, 0.6) is 0 Å². The summed E-state index contributed by atoms with van der Waals surface area (Å²) in [5.74, 6) is 0. The normalized spacial score (nSPS) is 2.25. The summed E-state index contributed by atoms with van der Waals surface area (Å²) >= 11 is 4.03. The van der Waals surface area contributed by atoms with Crippen molar-refractivity contribution in [3.8, 4) is 0 Å². The Labute approximate surface area is 56.3 Å². The summed E-state index contributed by atoms with van der Waals surface area (Å²) in [4.78, 5) is 0. The van der Waals surface area contributed by atoms with Gasteiger partial charge in [0.25, 0.3) is 0 Å². The van der Waals surface area contributed by atoms with Crippen LogP contribution in [0.4, 0.5) is 0 Å². The van der Waals surface area contributed by atoms with Crippen LogP contribution in [0.15, 0.2) is 0 Å². The molecular weight excluding hydrogens is 330 g/mol. The SMILES string of the molecule is [S]=[Co].[S]=[Pb]. The van der Waals surface area contributed by atoms with Crippen molar-refractivity contribution in [2.24, 2.45) is 0 Å². The van der Waals surface area contributed by atoms with Gasteiger partial charge in [0.15, 0.2) is 0 Å². The zero-order valence-electron chi connectivity index (χ0n) is 1.65. The Morgan fingerprint density at radius 1 is 1.25 bits per heavy atom. The molecule has 0 N–H and O–H groups in total. The Balaban J connectivity index is 0. The molecule has 0 aliphatic heterocycles. The quantitative estimate of drug-likeness (QED) is 0.606. The second-order valence-corrected chi connectivity index (χ2v) is 0. The molecule has 0 aromatic rings. The van der Waals surface area contributed by atoms with E-state index in [1.54, 1.807) is 0 Å². The molecule has 0 saturated carbocycles. The minimum absolute atomic E-state index is 0.889. The summed E-state index contributed by atoms with van der Waals surface area (Å²) in [5, 5.41) is 0. The Hall–Kier alpha value is 1.87. The van der Waals surface area contributed by atoms with Crippen molar-refractivity contribution >= 4 is 42.9 Å². The predicted octanol–water partition coefficient (Wildman–Crippen LogP) is 0.913. The zero-order valence-corrected chi connectivity index (χ0v) is 8.21. The van der Waals surface area contributed by atoms with Crippen LogP contribution < -0.4 is 0 Å². The number of hydrogen-bond donors (Lipinski definition) is 0. The van der Waals surface area contributed by atoms with Crippen LogP contribution >= 0.6 is 19.3 Å². The molecule has 2 radical (unpaired) electrons. The van der Waals surface area contributed by atoms with Crippen LogP contribution in [0, 0.1) is 0 Å². The fourth-order valence-corrected chi connectivity index (χ4v) is 0. The third-order valence-corrected chi connectivity index (χ3v) is 0. The maximum atomic E-state index is 4.22. The monoisotopic (exact) mass is 331 g/mol. The summed E-state index contributed by atoms with van der Waals surface area (Å²) in [6, 6.07) is 0.